The average Bonchev–Trinajstić information content (AvgIpc) is 2.35. The van der Waals surface area contributed by atoms with Gasteiger partial charge in [-0.1, -0.05) is 25.6 Å². The molecule has 0 aliphatic carbocycles. The van der Waals surface area contributed by atoms with Crippen LogP contribution in [0.2, 0.25) is 0 Å². The van der Waals surface area contributed by atoms with Crippen molar-refractivity contribution in [1.82, 2.24) is 15.3 Å². The average molecular weight is 296 g/mol. The minimum Gasteiger partial charge on any atom is -0.349 e. The van der Waals surface area contributed by atoms with Crippen LogP contribution in [0, 0.1) is 19.8 Å². The topological polar surface area (TPSA) is 80.9 Å². The van der Waals surface area contributed by atoms with E-state index in [-0.39, 0.29) is 17.4 Å². The smallest absolute Gasteiger partial charge is 0.230 e. The number of carbonyl (C=O) groups excluding carboxylic acids is 1. The highest BCUT2D eigenvalue weighted by molar-refractivity contribution is 7.99. The monoisotopic (exact) mass is 296 g/mol. The molecule has 3 N–H and O–H groups in total. The quantitative estimate of drug-likeness (QED) is 0.616. The van der Waals surface area contributed by atoms with Crippen molar-refractivity contribution in [3.63, 3.8) is 0 Å². The van der Waals surface area contributed by atoms with E-state index in [1.807, 2.05) is 40.7 Å². The Morgan fingerprint density at radius 1 is 1.40 bits per heavy atom. The summed E-state index contributed by atoms with van der Waals surface area (Å²) in [5, 5.41) is 3.64. The molecule has 0 spiro atoms. The number of thioether (sulfide) groups is 1. The van der Waals surface area contributed by atoms with E-state index in [1.165, 1.54) is 11.8 Å². The molecule has 1 aromatic heterocycles. The fourth-order valence-electron chi connectivity index (χ4n) is 1.67. The Kier molecular flexibility index (Phi) is 5.95. The maximum Gasteiger partial charge on any atom is 0.230 e. The summed E-state index contributed by atoms with van der Waals surface area (Å²) in [6.07, 6.45) is 0. The largest absolute Gasteiger partial charge is 0.349 e. The maximum atomic E-state index is 12.0. The van der Waals surface area contributed by atoms with Crippen LogP contribution in [0.5, 0.6) is 0 Å². The number of amides is 1. The van der Waals surface area contributed by atoms with Crippen molar-refractivity contribution < 1.29 is 4.79 Å². The Morgan fingerprint density at radius 3 is 2.40 bits per heavy atom. The summed E-state index contributed by atoms with van der Waals surface area (Å²) in [7, 11) is 0. The number of nitrogens with two attached hydrogens (primary N) is 1. The van der Waals surface area contributed by atoms with Crippen LogP contribution in [0.15, 0.2) is 11.2 Å². The van der Waals surface area contributed by atoms with Gasteiger partial charge in [-0.3, -0.25) is 4.79 Å². The van der Waals surface area contributed by atoms with E-state index < -0.39 is 0 Å². The highest BCUT2D eigenvalue weighted by atomic mass is 32.2. The molecule has 0 aromatic carbocycles. The first-order chi connectivity index (χ1) is 9.26. The molecule has 0 aliphatic rings. The third kappa shape index (κ3) is 4.76. The van der Waals surface area contributed by atoms with Gasteiger partial charge in [0.2, 0.25) is 5.91 Å². The number of aromatic nitrogens is 2. The Hall–Kier alpha value is -1.14. The van der Waals surface area contributed by atoms with Gasteiger partial charge in [0.15, 0.2) is 5.16 Å². The number of hydrogen-bond donors (Lipinski definition) is 2. The van der Waals surface area contributed by atoms with Crippen molar-refractivity contribution in [3.8, 4) is 0 Å². The molecule has 1 atom stereocenters. The molecule has 1 aromatic rings. The van der Waals surface area contributed by atoms with Crippen molar-refractivity contribution in [3.05, 3.63) is 17.5 Å². The molecule has 1 rings (SSSR count). The van der Waals surface area contributed by atoms with Crippen LogP contribution in [-0.4, -0.2) is 33.7 Å². The molecule has 0 aliphatic heterocycles. The van der Waals surface area contributed by atoms with Gasteiger partial charge >= 0.3 is 0 Å². The molecule has 0 radical (unpaired) electrons. The molecule has 0 bridgehead atoms. The van der Waals surface area contributed by atoms with Crippen molar-refractivity contribution in [2.24, 2.45) is 11.7 Å². The number of aryl methyl sites for hydroxylation is 2. The zero-order valence-electron chi connectivity index (χ0n) is 12.9. The summed E-state index contributed by atoms with van der Waals surface area (Å²) in [5.74, 6) is 0.531. The zero-order chi connectivity index (χ0) is 15.3. The van der Waals surface area contributed by atoms with Gasteiger partial charge in [0.1, 0.15) is 0 Å². The first-order valence-electron chi connectivity index (χ1n) is 6.73. The summed E-state index contributed by atoms with van der Waals surface area (Å²) >= 11 is 1.34. The molecule has 0 saturated heterocycles. The van der Waals surface area contributed by atoms with Crippen LogP contribution in [0.1, 0.15) is 32.2 Å². The standard InChI is InChI=1S/C14H24N4OS/c1-9(2)14(5,8-15)18-12(19)7-20-13-16-10(3)6-11(4)17-13/h6,9H,7-8,15H2,1-5H3,(H,18,19). The molecule has 5 nitrogen and oxygen atoms in total. The zero-order valence-corrected chi connectivity index (χ0v) is 13.7. The van der Waals surface area contributed by atoms with Gasteiger partial charge in [0.05, 0.1) is 11.3 Å². The third-order valence-electron chi connectivity index (χ3n) is 3.42. The molecule has 6 heteroatoms. The highest BCUT2D eigenvalue weighted by Crippen LogP contribution is 2.17. The second kappa shape index (κ2) is 7.04. The van der Waals surface area contributed by atoms with E-state index in [1.54, 1.807) is 0 Å². The Bertz CT molecular complexity index is 458. The van der Waals surface area contributed by atoms with E-state index in [9.17, 15) is 4.79 Å². The maximum absolute atomic E-state index is 12.0. The molecule has 0 saturated carbocycles. The lowest BCUT2D eigenvalue weighted by Crippen LogP contribution is -2.55. The van der Waals surface area contributed by atoms with Crippen LogP contribution >= 0.6 is 11.8 Å². The third-order valence-corrected chi connectivity index (χ3v) is 4.26. The molecule has 1 amide bonds. The normalized spacial score (nSPS) is 14.2. The van der Waals surface area contributed by atoms with Crippen molar-refractivity contribution in [2.75, 3.05) is 12.3 Å². The molecule has 112 valence electrons. The summed E-state index contributed by atoms with van der Waals surface area (Å²) in [5.41, 5.74) is 7.21. The van der Waals surface area contributed by atoms with E-state index in [2.05, 4.69) is 15.3 Å². The number of carbonyl (C=O) groups is 1. The molecule has 1 unspecified atom stereocenters. The van der Waals surface area contributed by atoms with Crippen molar-refractivity contribution >= 4 is 17.7 Å². The van der Waals surface area contributed by atoms with Gasteiger partial charge in [0.25, 0.3) is 0 Å². The van der Waals surface area contributed by atoms with E-state index in [0.29, 0.717) is 17.5 Å². The molecule has 0 fully saturated rings. The molecular formula is C14H24N4OS. The van der Waals surface area contributed by atoms with Crippen LogP contribution < -0.4 is 11.1 Å². The SMILES string of the molecule is Cc1cc(C)nc(SCC(=O)NC(C)(CN)C(C)C)n1. The van der Waals surface area contributed by atoms with Gasteiger partial charge in [-0.05, 0) is 32.8 Å². The first kappa shape index (κ1) is 16.9. The van der Waals surface area contributed by atoms with Crippen LogP contribution in [0.4, 0.5) is 0 Å². The lowest BCUT2D eigenvalue weighted by Gasteiger charge is -2.33. The van der Waals surface area contributed by atoms with Gasteiger partial charge < -0.3 is 11.1 Å². The molecule has 20 heavy (non-hydrogen) atoms. The lowest BCUT2D eigenvalue weighted by atomic mass is 9.88. The van der Waals surface area contributed by atoms with E-state index in [0.717, 1.165) is 11.4 Å². The fraction of sp³-hybridized carbons (Fsp3) is 0.643. The minimum absolute atomic E-state index is 0.0422. The summed E-state index contributed by atoms with van der Waals surface area (Å²) in [6, 6.07) is 1.91. The van der Waals surface area contributed by atoms with Crippen LogP contribution in [0.25, 0.3) is 0 Å². The second-order valence-corrected chi connectivity index (χ2v) is 6.49. The highest BCUT2D eigenvalue weighted by Gasteiger charge is 2.28. The summed E-state index contributed by atoms with van der Waals surface area (Å²) in [6.45, 7) is 10.3. The number of rotatable bonds is 6. The van der Waals surface area contributed by atoms with Crippen molar-refractivity contribution in [1.29, 1.82) is 0 Å². The molecule has 1 heterocycles. The Balaban J connectivity index is 2.59. The van der Waals surface area contributed by atoms with Crippen LogP contribution in [-0.2, 0) is 4.79 Å². The fourth-order valence-corrected chi connectivity index (χ4v) is 2.42. The second-order valence-electron chi connectivity index (χ2n) is 5.55. The minimum atomic E-state index is -0.374. The summed E-state index contributed by atoms with van der Waals surface area (Å²) < 4.78 is 0. The predicted octanol–water partition coefficient (Wildman–Crippen LogP) is 1.68. The van der Waals surface area contributed by atoms with Gasteiger partial charge in [-0.15, -0.1) is 0 Å². The van der Waals surface area contributed by atoms with Crippen LogP contribution in [0.3, 0.4) is 0 Å². The number of nitrogens with one attached hydrogen (secondary N) is 1. The van der Waals surface area contributed by atoms with E-state index in [4.69, 9.17) is 5.73 Å². The number of nitrogens with zero attached hydrogens (tertiary/aromatic N) is 2. The first-order valence-corrected chi connectivity index (χ1v) is 7.71. The predicted molar refractivity (Wildman–Crippen MR) is 82.7 cm³/mol. The Labute approximate surface area is 125 Å². The summed E-state index contributed by atoms with van der Waals surface area (Å²) in [4.78, 5) is 20.6. The van der Waals surface area contributed by atoms with Gasteiger partial charge in [-0.2, -0.15) is 0 Å². The molecular weight excluding hydrogens is 272 g/mol. The van der Waals surface area contributed by atoms with Gasteiger partial charge in [-0.25, -0.2) is 9.97 Å². The van der Waals surface area contributed by atoms with E-state index >= 15 is 0 Å². The van der Waals surface area contributed by atoms with Crippen molar-refractivity contribution in [2.45, 2.75) is 45.3 Å². The Morgan fingerprint density at radius 2 is 1.95 bits per heavy atom. The number of hydrogen-bond acceptors (Lipinski definition) is 5. The van der Waals surface area contributed by atoms with Gasteiger partial charge in [0, 0.05) is 17.9 Å². The lowest BCUT2D eigenvalue weighted by molar-refractivity contribution is -0.120.